The number of amides is 1. The Hall–Kier alpha value is -3.29. The molecular formula is C22H27N3O5. The molecule has 3 rings (SSSR count). The van der Waals surface area contributed by atoms with Gasteiger partial charge in [-0.3, -0.25) is 9.78 Å². The molecule has 1 aromatic heterocycles. The number of nitrogens with one attached hydrogen (secondary N) is 1. The summed E-state index contributed by atoms with van der Waals surface area (Å²) in [5.41, 5.74) is 0.778. The highest BCUT2D eigenvalue weighted by Gasteiger charge is 2.23. The Kier molecular flexibility index (Phi) is 7.48. The first-order chi connectivity index (χ1) is 14.6. The van der Waals surface area contributed by atoms with E-state index in [9.17, 15) is 4.79 Å². The molecule has 1 aliphatic rings. The monoisotopic (exact) mass is 413 g/mol. The fourth-order valence-electron chi connectivity index (χ4n) is 3.46. The van der Waals surface area contributed by atoms with Crippen LogP contribution in [0.2, 0.25) is 0 Å². The molecule has 0 unspecified atom stereocenters. The fourth-order valence-corrected chi connectivity index (χ4v) is 3.46. The van der Waals surface area contributed by atoms with Crippen molar-refractivity contribution in [2.24, 2.45) is 0 Å². The number of methoxy groups -OCH3 is 3. The van der Waals surface area contributed by atoms with Crippen molar-refractivity contribution < 1.29 is 23.7 Å². The molecule has 160 valence electrons. The fraction of sp³-hybridized carbons (Fsp3) is 0.409. The highest BCUT2D eigenvalue weighted by atomic mass is 16.5. The van der Waals surface area contributed by atoms with Crippen molar-refractivity contribution in [2.45, 2.75) is 37.8 Å². The van der Waals surface area contributed by atoms with E-state index in [4.69, 9.17) is 18.9 Å². The number of rotatable bonds is 8. The molecule has 1 N–H and O–H groups in total. The van der Waals surface area contributed by atoms with E-state index in [0.29, 0.717) is 23.1 Å². The molecule has 1 fully saturated rings. The topological polar surface area (TPSA) is 91.8 Å². The summed E-state index contributed by atoms with van der Waals surface area (Å²) in [6.07, 6.45) is 11.6. The van der Waals surface area contributed by atoms with E-state index in [-0.39, 0.29) is 18.1 Å². The van der Waals surface area contributed by atoms with Gasteiger partial charge in [-0.15, -0.1) is 0 Å². The third-order valence-electron chi connectivity index (χ3n) is 4.96. The van der Waals surface area contributed by atoms with Gasteiger partial charge in [0.1, 0.15) is 6.10 Å². The largest absolute Gasteiger partial charge is 0.493 e. The summed E-state index contributed by atoms with van der Waals surface area (Å²) >= 11 is 0. The van der Waals surface area contributed by atoms with Gasteiger partial charge in [-0.2, -0.15) is 0 Å². The number of ether oxygens (including phenoxy) is 4. The van der Waals surface area contributed by atoms with Gasteiger partial charge in [-0.05, 0) is 49.5 Å². The highest BCUT2D eigenvalue weighted by molar-refractivity contribution is 5.92. The predicted molar refractivity (Wildman–Crippen MR) is 112 cm³/mol. The van der Waals surface area contributed by atoms with Gasteiger partial charge in [0.2, 0.25) is 17.5 Å². The van der Waals surface area contributed by atoms with Gasteiger partial charge in [-0.25, -0.2) is 4.98 Å². The van der Waals surface area contributed by atoms with Crippen LogP contribution in [0.5, 0.6) is 23.1 Å². The van der Waals surface area contributed by atoms with Crippen LogP contribution in [0.15, 0.2) is 36.8 Å². The van der Waals surface area contributed by atoms with E-state index in [2.05, 4.69) is 15.3 Å². The summed E-state index contributed by atoms with van der Waals surface area (Å²) in [7, 11) is 4.67. The van der Waals surface area contributed by atoms with Gasteiger partial charge < -0.3 is 24.3 Å². The van der Waals surface area contributed by atoms with Gasteiger partial charge in [0, 0.05) is 24.5 Å². The minimum Gasteiger partial charge on any atom is -0.493 e. The maximum absolute atomic E-state index is 12.4. The molecular weight excluding hydrogens is 386 g/mol. The molecule has 8 nitrogen and oxygen atoms in total. The van der Waals surface area contributed by atoms with Crippen LogP contribution in [-0.4, -0.2) is 49.4 Å². The zero-order chi connectivity index (χ0) is 21.3. The van der Waals surface area contributed by atoms with Crippen molar-refractivity contribution in [3.63, 3.8) is 0 Å². The summed E-state index contributed by atoms with van der Waals surface area (Å²) in [5, 5.41) is 3.06. The van der Waals surface area contributed by atoms with E-state index < -0.39 is 0 Å². The van der Waals surface area contributed by atoms with E-state index >= 15 is 0 Å². The second kappa shape index (κ2) is 10.5. The molecule has 0 atom stereocenters. The van der Waals surface area contributed by atoms with Crippen molar-refractivity contribution in [3.05, 3.63) is 42.4 Å². The van der Waals surface area contributed by atoms with Crippen LogP contribution in [0.1, 0.15) is 31.2 Å². The number of carbonyl (C=O) groups is 1. The first-order valence-electron chi connectivity index (χ1n) is 9.84. The Morgan fingerprint density at radius 3 is 2.30 bits per heavy atom. The minimum absolute atomic E-state index is 0.102. The molecule has 8 heteroatoms. The summed E-state index contributed by atoms with van der Waals surface area (Å²) in [5.74, 6) is 2.00. The zero-order valence-corrected chi connectivity index (χ0v) is 17.5. The average Bonchev–Trinajstić information content (AvgIpc) is 2.78. The maximum atomic E-state index is 12.4. The number of hydrogen-bond donors (Lipinski definition) is 1. The molecule has 0 aliphatic heterocycles. The van der Waals surface area contributed by atoms with Crippen LogP contribution >= 0.6 is 0 Å². The van der Waals surface area contributed by atoms with Crippen molar-refractivity contribution in [2.75, 3.05) is 21.3 Å². The lowest BCUT2D eigenvalue weighted by atomic mass is 9.93. The molecule has 0 spiro atoms. The maximum Gasteiger partial charge on any atom is 0.244 e. The summed E-state index contributed by atoms with van der Waals surface area (Å²) in [6, 6.07) is 3.71. The van der Waals surface area contributed by atoms with Gasteiger partial charge in [0.25, 0.3) is 0 Å². The predicted octanol–water partition coefficient (Wildman–Crippen LogP) is 3.02. The third-order valence-corrected chi connectivity index (χ3v) is 4.96. The summed E-state index contributed by atoms with van der Waals surface area (Å²) in [6.45, 7) is 0. The normalized spacial score (nSPS) is 18.6. The van der Waals surface area contributed by atoms with E-state index in [1.165, 1.54) is 6.08 Å². The van der Waals surface area contributed by atoms with Crippen LogP contribution in [-0.2, 0) is 4.79 Å². The minimum atomic E-state index is -0.137. The number of aromatic nitrogens is 2. The number of hydrogen-bond acceptors (Lipinski definition) is 7. The summed E-state index contributed by atoms with van der Waals surface area (Å²) in [4.78, 5) is 20.5. The van der Waals surface area contributed by atoms with Crippen LogP contribution < -0.4 is 24.3 Å². The summed E-state index contributed by atoms with van der Waals surface area (Å²) < 4.78 is 21.8. The molecule has 1 heterocycles. The first kappa shape index (κ1) is 21.4. The second-order valence-electron chi connectivity index (χ2n) is 6.94. The zero-order valence-electron chi connectivity index (χ0n) is 17.5. The van der Waals surface area contributed by atoms with E-state index in [0.717, 1.165) is 31.2 Å². The number of benzene rings is 1. The highest BCUT2D eigenvalue weighted by Crippen LogP contribution is 2.38. The molecule has 2 aromatic rings. The van der Waals surface area contributed by atoms with E-state index in [1.54, 1.807) is 58.1 Å². The Balaban J connectivity index is 1.52. The average molecular weight is 413 g/mol. The van der Waals surface area contributed by atoms with Crippen LogP contribution in [0.25, 0.3) is 6.08 Å². The van der Waals surface area contributed by atoms with Crippen LogP contribution in [0.4, 0.5) is 0 Å². The quantitative estimate of drug-likeness (QED) is 0.665. The van der Waals surface area contributed by atoms with Crippen molar-refractivity contribution in [3.8, 4) is 23.1 Å². The van der Waals surface area contributed by atoms with Gasteiger partial charge in [0.15, 0.2) is 11.5 Å². The van der Waals surface area contributed by atoms with Crippen molar-refractivity contribution in [1.82, 2.24) is 15.3 Å². The standard InChI is InChI=1S/C22H27N3O5/c1-27-18-12-15(13-19(28-2)22(18)29-3)4-9-20(26)25-16-5-7-17(8-6-16)30-21-14-23-10-11-24-21/h4,9-14,16-17H,5-8H2,1-3H3,(H,25,26)/b9-4+. The Morgan fingerprint density at radius 2 is 1.73 bits per heavy atom. The Bertz CT molecular complexity index is 839. The molecule has 1 aromatic carbocycles. The SMILES string of the molecule is COc1cc(/C=C/C(=O)NC2CCC(Oc3cnccn3)CC2)cc(OC)c1OC. The molecule has 30 heavy (non-hydrogen) atoms. The smallest absolute Gasteiger partial charge is 0.244 e. The molecule has 0 radical (unpaired) electrons. The second-order valence-corrected chi connectivity index (χ2v) is 6.94. The molecule has 0 bridgehead atoms. The van der Waals surface area contributed by atoms with Gasteiger partial charge >= 0.3 is 0 Å². The van der Waals surface area contributed by atoms with Crippen LogP contribution in [0.3, 0.4) is 0 Å². The van der Waals surface area contributed by atoms with Crippen molar-refractivity contribution >= 4 is 12.0 Å². The molecule has 0 saturated heterocycles. The lowest BCUT2D eigenvalue weighted by Gasteiger charge is -2.28. The lowest BCUT2D eigenvalue weighted by molar-refractivity contribution is -0.117. The third kappa shape index (κ3) is 5.62. The Labute approximate surface area is 176 Å². The number of carbonyl (C=O) groups excluding carboxylic acids is 1. The van der Waals surface area contributed by atoms with E-state index in [1.807, 2.05) is 0 Å². The van der Waals surface area contributed by atoms with Crippen molar-refractivity contribution in [1.29, 1.82) is 0 Å². The first-order valence-corrected chi connectivity index (χ1v) is 9.84. The Morgan fingerprint density at radius 1 is 1.03 bits per heavy atom. The lowest BCUT2D eigenvalue weighted by Crippen LogP contribution is -2.39. The molecule has 1 saturated carbocycles. The molecule has 1 amide bonds. The van der Waals surface area contributed by atoms with Gasteiger partial charge in [0.05, 0.1) is 27.5 Å². The van der Waals surface area contributed by atoms with Gasteiger partial charge in [-0.1, -0.05) is 0 Å². The number of nitrogens with zero attached hydrogens (tertiary/aromatic N) is 2. The molecule has 1 aliphatic carbocycles. The van der Waals surface area contributed by atoms with Crippen LogP contribution in [0, 0.1) is 0 Å².